The van der Waals surface area contributed by atoms with Crippen LogP contribution in [0.2, 0.25) is 0 Å². The summed E-state index contributed by atoms with van der Waals surface area (Å²) in [6.45, 7) is 4.52. The molecule has 112 valence electrons. The number of hydrogen-bond acceptors (Lipinski definition) is 4. The van der Waals surface area contributed by atoms with E-state index < -0.39 is 11.9 Å². The number of esters is 2. The number of nitrogens with one attached hydrogen (secondary N) is 1. The van der Waals surface area contributed by atoms with E-state index in [1.807, 2.05) is 31.2 Å². The molecule has 1 aromatic heterocycles. The maximum absolute atomic E-state index is 11.4. The largest absolute Gasteiger partial charge is 0.426 e. The van der Waals surface area contributed by atoms with Crippen LogP contribution in [-0.4, -0.2) is 16.9 Å². The van der Waals surface area contributed by atoms with Gasteiger partial charge in [0, 0.05) is 24.8 Å². The number of rotatable bonds is 2. The Kier molecular flexibility index (Phi) is 3.33. The van der Waals surface area contributed by atoms with Crippen molar-refractivity contribution >= 4 is 33.7 Å². The lowest BCUT2D eigenvalue weighted by Crippen LogP contribution is -2.06. The third kappa shape index (κ3) is 2.30. The second-order valence-corrected chi connectivity index (χ2v) is 5.13. The lowest BCUT2D eigenvalue weighted by molar-refractivity contribution is -0.133. The van der Waals surface area contributed by atoms with Crippen molar-refractivity contribution in [2.75, 3.05) is 0 Å². The van der Waals surface area contributed by atoms with E-state index in [2.05, 4.69) is 4.98 Å². The van der Waals surface area contributed by atoms with Gasteiger partial charge < -0.3 is 14.5 Å². The number of benzene rings is 2. The van der Waals surface area contributed by atoms with Crippen LogP contribution >= 0.6 is 0 Å². The quantitative estimate of drug-likeness (QED) is 0.581. The lowest BCUT2D eigenvalue weighted by atomic mass is 10.1. The van der Waals surface area contributed by atoms with E-state index in [1.165, 1.54) is 13.8 Å². The van der Waals surface area contributed by atoms with Crippen LogP contribution < -0.4 is 9.47 Å². The van der Waals surface area contributed by atoms with Gasteiger partial charge in [-0.2, -0.15) is 0 Å². The second kappa shape index (κ2) is 5.18. The Morgan fingerprint density at radius 2 is 1.73 bits per heavy atom. The van der Waals surface area contributed by atoms with Crippen LogP contribution in [0, 0.1) is 6.92 Å². The van der Waals surface area contributed by atoms with Crippen LogP contribution in [0.15, 0.2) is 30.3 Å². The first-order chi connectivity index (χ1) is 10.5. The molecule has 0 fully saturated rings. The number of hydrogen-bond donors (Lipinski definition) is 1. The number of aryl methyl sites for hydroxylation is 1. The fraction of sp³-hybridized carbons (Fsp3) is 0.176. The summed E-state index contributed by atoms with van der Waals surface area (Å²) in [7, 11) is 0. The summed E-state index contributed by atoms with van der Waals surface area (Å²) in [6.07, 6.45) is 0. The van der Waals surface area contributed by atoms with E-state index in [-0.39, 0.29) is 0 Å². The average Bonchev–Trinajstić information content (AvgIpc) is 2.82. The molecule has 0 bridgehead atoms. The molecule has 5 nitrogen and oxygen atoms in total. The minimum Gasteiger partial charge on any atom is -0.426 e. The predicted octanol–water partition coefficient (Wildman–Crippen LogP) is 3.48. The van der Waals surface area contributed by atoms with Gasteiger partial charge in [0.15, 0.2) is 5.75 Å². The maximum Gasteiger partial charge on any atom is 0.308 e. The molecule has 0 aliphatic heterocycles. The Morgan fingerprint density at radius 3 is 2.41 bits per heavy atom. The SMILES string of the molecule is CC(=O)Oc1cc(C)c(OC(C)=O)c2c1[nH]c1ccccc12. The number of aromatic amines is 1. The van der Waals surface area contributed by atoms with Gasteiger partial charge in [-0.3, -0.25) is 9.59 Å². The molecule has 3 rings (SSSR count). The first-order valence-corrected chi connectivity index (χ1v) is 6.88. The minimum atomic E-state index is -0.403. The van der Waals surface area contributed by atoms with Crippen molar-refractivity contribution < 1.29 is 19.1 Å². The first-order valence-electron chi connectivity index (χ1n) is 6.88. The first kappa shape index (κ1) is 14.1. The van der Waals surface area contributed by atoms with Crippen molar-refractivity contribution in [1.29, 1.82) is 0 Å². The Bertz CT molecular complexity index is 908. The topological polar surface area (TPSA) is 68.4 Å². The fourth-order valence-corrected chi connectivity index (χ4v) is 2.60. The molecule has 0 aliphatic carbocycles. The van der Waals surface area contributed by atoms with Crippen LogP contribution in [0.5, 0.6) is 11.5 Å². The van der Waals surface area contributed by atoms with Gasteiger partial charge in [0.2, 0.25) is 0 Å². The molecule has 0 spiro atoms. The fourth-order valence-electron chi connectivity index (χ4n) is 2.60. The molecule has 5 heteroatoms. The zero-order valence-electron chi connectivity index (χ0n) is 12.5. The molecule has 22 heavy (non-hydrogen) atoms. The molecule has 2 aromatic carbocycles. The van der Waals surface area contributed by atoms with Gasteiger partial charge in [-0.15, -0.1) is 0 Å². The van der Waals surface area contributed by atoms with Crippen LogP contribution in [0.25, 0.3) is 21.8 Å². The van der Waals surface area contributed by atoms with Gasteiger partial charge in [-0.1, -0.05) is 18.2 Å². The summed E-state index contributed by atoms with van der Waals surface area (Å²) in [5, 5.41) is 1.65. The molecular formula is C17H15NO4. The molecule has 0 atom stereocenters. The molecule has 0 amide bonds. The van der Waals surface area contributed by atoms with E-state index in [0.29, 0.717) is 17.0 Å². The number of ether oxygens (including phenoxy) is 2. The molecule has 0 saturated heterocycles. The maximum atomic E-state index is 11.4. The number of carbonyl (C=O) groups is 2. The van der Waals surface area contributed by atoms with Crippen molar-refractivity contribution in [1.82, 2.24) is 4.98 Å². The van der Waals surface area contributed by atoms with Crippen molar-refractivity contribution in [3.05, 3.63) is 35.9 Å². The summed E-state index contributed by atoms with van der Waals surface area (Å²) in [5.74, 6) is 0.109. The highest BCUT2D eigenvalue weighted by Gasteiger charge is 2.19. The van der Waals surface area contributed by atoms with E-state index in [9.17, 15) is 9.59 Å². The summed E-state index contributed by atoms with van der Waals surface area (Å²) in [5.41, 5.74) is 2.24. The van der Waals surface area contributed by atoms with Crippen LogP contribution in [-0.2, 0) is 9.59 Å². The van der Waals surface area contributed by atoms with Gasteiger partial charge in [-0.25, -0.2) is 0 Å². The third-order valence-electron chi connectivity index (χ3n) is 3.38. The second-order valence-electron chi connectivity index (χ2n) is 5.13. The molecule has 1 heterocycles. The number of para-hydroxylation sites is 1. The Labute approximate surface area is 126 Å². The number of fused-ring (bicyclic) bond motifs is 3. The molecule has 0 aliphatic rings. The van der Waals surface area contributed by atoms with Crippen molar-refractivity contribution in [3.8, 4) is 11.5 Å². The average molecular weight is 297 g/mol. The third-order valence-corrected chi connectivity index (χ3v) is 3.38. The van der Waals surface area contributed by atoms with Gasteiger partial charge in [-0.05, 0) is 24.6 Å². The zero-order valence-corrected chi connectivity index (χ0v) is 12.5. The van der Waals surface area contributed by atoms with Crippen molar-refractivity contribution in [2.45, 2.75) is 20.8 Å². The molecular weight excluding hydrogens is 282 g/mol. The van der Waals surface area contributed by atoms with Crippen molar-refractivity contribution in [2.24, 2.45) is 0 Å². The van der Waals surface area contributed by atoms with E-state index >= 15 is 0 Å². The molecule has 0 unspecified atom stereocenters. The van der Waals surface area contributed by atoms with Crippen LogP contribution in [0.4, 0.5) is 0 Å². The van der Waals surface area contributed by atoms with Gasteiger partial charge >= 0.3 is 11.9 Å². The highest BCUT2D eigenvalue weighted by molar-refractivity contribution is 6.13. The highest BCUT2D eigenvalue weighted by Crippen LogP contribution is 2.41. The normalized spacial score (nSPS) is 10.9. The Balaban J connectivity index is 2.41. The summed E-state index contributed by atoms with van der Waals surface area (Å²) >= 11 is 0. The smallest absolute Gasteiger partial charge is 0.308 e. The number of H-pyrrole nitrogens is 1. The molecule has 3 aromatic rings. The summed E-state index contributed by atoms with van der Waals surface area (Å²) in [6, 6.07) is 9.35. The van der Waals surface area contributed by atoms with Crippen LogP contribution in [0.1, 0.15) is 19.4 Å². The van der Waals surface area contributed by atoms with E-state index in [0.717, 1.165) is 21.9 Å². The Morgan fingerprint density at radius 1 is 1.05 bits per heavy atom. The minimum absolute atomic E-state index is 0.394. The monoisotopic (exact) mass is 297 g/mol. The Hall–Kier alpha value is -2.82. The molecule has 0 saturated carbocycles. The van der Waals surface area contributed by atoms with Gasteiger partial charge in [0.25, 0.3) is 0 Å². The zero-order chi connectivity index (χ0) is 15.9. The van der Waals surface area contributed by atoms with E-state index in [1.54, 1.807) is 6.07 Å². The van der Waals surface area contributed by atoms with Gasteiger partial charge in [0.1, 0.15) is 5.75 Å². The standard InChI is InChI=1S/C17H15NO4/c1-9-8-14(21-10(2)19)16-15(17(9)22-11(3)20)12-6-4-5-7-13(12)18-16/h4-8,18H,1-3H3. The summed E-state index contributed by atoms with van der Waals surface area (Å²) < 4.78 is 10.7. The molecule has 0 radical (unpaired) electrons. The van der Waals surface area contributed by atoms with Crippen LogP contribution in [0.3, 0.4) is 0 Å². The molecule has 1 N–H and O–H groups in total. The summed E-state index contributed by atoms with van der Waals surface area (Å²) in [4.78, 5) is 26.0. The van der Waals surface area contributed by atoms with Crippen molar-refractivity contribution in [3.63, 3.8) is 0 Å². The predicted molar refractivity (Wildman–Crippen MR) is 83.2 cm³/mol. The van der Waals surface area contributed by atoms with Gasteiger partial charge in [0.05, 0.1) is 10.9 Å². The van der Waals surface area contributed by atoms with E-state index in [4.69, 9.17) is 9.47 Å². The lowest BCUT2D eigenvalue weighted by Gasteiger charge is -2.11. The highest BCUT2D eigenvalue weighted by atomic mass is 16.5. The number of aromatic nitrogens is 1. The number of carbonyl (C=O) groups excluding carboxylic acids is 2.